The van der Waals surface area contributed by atoms with Gasteiger partial charge in [-0.3, -0.25) is 9.69 Å². The molecule has 0 N–H and O–H groups in total. The molecule has 1 heterocycles. The van der Waals surface area contributed by atoms with Crippen LogP contribution in [0.15, 0.2) is 24.3 Å². The number of benzene rings is 1. The Morgan fingerprint density at radius 1 is 1.33 bits per heavy atom. The molecule has 0 aliphatic carbocycles. The molecule has 2 rings (SSSR count). The highest BCUT2D eigenvalue weighted by atomic mass is 16.2. The molecule has 0 aromatic heterocycles. The number of aryl methyl sites for hydroxylation is 1. The Hall–Kier alpha value is -1.35. The van der Waals surface area contributed by atoms with E-state index in [1.165, 1.54) is 11.1 Å². The zero-order valence-electron chi connectivity index (χ0n) is 13.8. The number of likely N-dealkylation sites (N-methyl/N-ethyl adjacent to an activating group) is 1. The monoisotopic (exact) mass is 288 g/mol. The molecule has 1 unspecified atom stereocenters. The second-order valence-electron chi connectivity index (χ2n) is 6.53. The van der Waals surface area contributed by atoms with Crippen molar-refractivity contribution < 1.29 is 4.79 Å². The smallest absolute Gasteiger partial charge is 0.239 e. The first-order valence-corrected chi connectivity index (χ1v) is 8.02. The molecule has 1 aromatic rings. The molecule has 1 aliphatic heterocycles. The summed E-state index contributed by atoms with van der Waals surface area (Å²) in [6.45, 7) is 9.09. The summed E-state index contributed by atoms with van der Waals surface area (Å²) in [7, 11) is 2.04. The summed E-state index contributed by atoms with van der Waals surface area (Å²) in [5, 5.41) is 0. The van der Waals surface area contributed by atoms with E-state index < -0.39 is 0 Å². The minimum Gasteiger partial charge on any atom is -0.341 e. The lowest BCUT2D eigenvalue weighted by Crippen LogP contribution is -2.48. The van der Waals surface area contributed by atoms with E-state index in [1.54, 1.807) is 0 Å². The van der Waals surface area contributed by atoms with E-state index in [2.05, 4.69) is 43.0 Å². The van der Waals surface area contributed by atoms with Crippen LogP contribution in [0.5, 0.6) is 0 Å². The van der Waals surface area contributed by atoms with Crippen LogP contribution in [0.25, 0.3) is 0 Å². The first-order chi connectivity index (χ1) is 9.99. The molecule has 1 fully saturated rings. The highest BCUT2D eigenvalue weighted by Crippen LogP contribution is 2.18. The molecule has 0 bridgehead atoms. The number of carbonyl (C=O) groups excluding carboxylic acids is 1. The van der Waals surface area contributed by atoms with Gasteiger partial charge in [-0.25, -0.2) is 0 Å². The standard InChI is InChI=1S/C18H28N2O/c1-14-9-11-20(12-10-14)18(21)16(3)19(4)13-17-8-6-5-7-15(17)2/h5-8,14,16H,9-13H2,1-4H3. The molecule has 1 aromatic carbocycles. The van der Waals surface area contributed by atoms with Crippen LogP contribution in [0, 0.1) is 12.8 Å². The van der Waals surface area contributed by atoms with Crippen molar-refractivity contribution >= 4 is 5.91 Å². The molecule has 0 saturated carbocycles. The van der Waals surface area contributed by atoms with Crippen molar-refractivity contribution in [3.8, 4) is 0 Å². The number of nitrogens with zero attached hydrogens (tertiary/aromatic N) is 2. The summed E-state index contributed by atoms with van der Waals surface area (Å²) in [5.41, 5.74) is 2.59. The van der Waals surface area contributed by atoms with Crippen LogP contribution in [0.2, 0.25) is 0 Å². The topological polar surface area (TPSA) is 23.6 Å². The lowest BCUT2D eigenvalue weighted by molar-refractivity contribution is -0.137. The minimum atomic E-state index is -0.0574. The van der Waals surface area contributed by atoms with E-state index >= 15 is 0 Å². The zero-order valence-corrected chi connectivity index (χ0v) is 13.8. The predicted molar refractivity (Wildman–Crippen MR) is 87.1 cm³/mol. The Kier molecular flexibility index (Phi) is 5.40. The van der Waals surface area contributed by atoms with Crippen LogP contribution in [0.3, 0.4) is 0 Å². The third kappa shape index (κ3) is 4.07. The van der Waals surface area contributed by atoms with Crippen molar-refractivity contribution in [3.63, 3.8) is 0 Å². The molecule has 1 aliphatic rings. The minimum absolute atomic E-state index is 0.0574. The average molecular weight is 288 g/mol. The van der Waals surface area contributed by atoms with Gasteiger partial charge in [0.05, 0.1) is 6.04 Å². The summed E-state index contributed by atoms with van der Waals surface area (Å²) in [5.74, 6) is 1.03. The average Bonchev–Trinajstić information content (AvgIpc) is 2.49. The van der Waals surface area contributed by atoms with E-state index in [1.807, 2.05) is 18.9 Å². The number of carbonyl (C=O) groups is 1. The van der Waals surface area contributed by atoms with Crippen molar-refractivity contribution in [2.24, 2.45) is 5.92 Å². The van der Waals surface area contributed by atoms with Gasteiger partial charge < -0.3 is 4.90 Å². The Labute approximate surface area is 128 Å². The quantitative estimate of drug-likeness (QED) is 0.850. The van der Waals surface area contributed by atoms with Gasteiger partial charge in [-0.05, 0) is 50.8 Å². The van der Waals surface area contributed by atoms with E-state index in [-0.39, 0.29) is 11.9 Å². The van der Waals surface area contributed by atoms with Crippen LogP contribution in [0.4, 0.5) is 0 Å². The molecule has 21 heavy (non-hydrogen) atoms. The fourth-order valence-corrected chi connectivity index (χ4v) is 2.87. The van der Waals surface area contributed by atoms with Gasteiger partial charge >= 0.3 is 0 Å². The molecule has 0 radical (unpaired) electrons. The van der Waals surface area contributed by atoms with Gasteiger partial charge in [0.25, 0.3) is 0 Å². The highest BCUT2D eigenvalue weighted by Gasteiger charge is 2.26. The van der Waals surface area contributed by atoms with Crippen molar-refractivity contribution in [3.05, 3.63) is 35.4 Å². The normalized spacial score (nSPS) is 18.0. The fraction of sp³-hybridized carbons (Fsp3) is 0.611. The SMILES string of the molecule is Cc1ccccc1CN(C)C(C)C(=O)N1CCC(C)CC1. The van der Waals surface area contributed by atoms with Gasteiger partial charge in [0, 0.05) is 19.6 Å². The molecular formula is C18H28N2O. The zero-order chi connectivity index (χ0) is 15.4. The maximum Gasteiger partial charge on any atom is 0.239 e. The third-order valence-corrected chi connectivity index (χ3v) is 4.79. The van der Waals surface area contributed by atoms with E-state index in [0.717, 1.165) is 38.4 Å². The van der Waals surface area contributed by atoms with Crippen LogP contribution in [-0.4, -0.2) is 41.9 Å². The van der Waals surface area contributed by atoms with Crippen molar-refractivity contribution in [1.82, 2.24) is 9.80 Å². The van der Waals surface area contributed by atoms with Crippen LogP contribution in [-0.2, 0) is 11.3 Å². The maximum absolute atomic E-state index is 12.6. The van der Waals surface area contributed by atoms with Crippen molar-refractivity contribution in [1.29, 1.82) is 0 Å². The summed E-state index contributed by atoms with van der Waals surface area (Å²) in [6, 6.07) is 8.34. The van der Waals surface area contributed by atoms with E-state index in [4.69, 9.17) is 0 Å². The lowest BCUT2D eigenvalue weighted by Gasteiger charge is -2.34. The number of hydrogen-bond acceptors (Lipinski definition) is 2. The van der Waals surface area contributed by atoms with Gasteiger partial charge in [-0.1, -0.05) is 31.2 Å². The van der Waals surface area contributed by atoms with Crippen LogP contribution < -0.4 is 0 Å². The molecule has 3 nitrogen and oxygen atoms in total. The summed E-state index contributed by atoms with van der Waals surface area (Å²) in [6.07, 6.45) is 2.28. The predicted octanol–water partition coefficient (Wildman–Crippen LogP) is 3.07. The first kappa shape index (κ1) is 16.0. The van der Waals surface area contributed by atoms with Gasteiger partial charge in [0.2, 0.25) is 5.91 Å². The van der Waals surface area contributed by atoms with Crippen LogP contribution >= 0.6 is 0 Å². The maximum atomic E-state index is 12.6. The number of likely N-dealkylation sites (tertiary alicyclic amines) is 1. The summed E-state index contributed by atoms with van der Waals surface area (Å²) < 4.78 is 0. The molecular weight excluding hydrogens is 260 g/mol. The molecule has 1 atom stereocenters. The van der Waals surface area contributed by atoms with Gasteiger partial charge in [0.15, 0.2) is 0 Å². The first-order valence-electron chi connectivity index (χ1n) is 8.02. The largest absolute Gasteiger partial charge is 0.341 e. The summed E-state index contributed by atoms with van der Waals surface area (Å²) >= 11 is 0. The van der Waals surface area contributed by atoms with Crippen molar-refractivity contribution in [2.75, 3.05) is 20.1 Å². The second-order valence-corrected chi connectivity index (χ2v) is 6.53. The Morgan fingerprint density at radius 3 is 2.57 bits per heavy atom. The Bertz CT molecular complexity index is 478. The van der Waals surface area contributed by atoms with E-state index in [9.17, 15) is 4.79 Å². The fourth-order valence-electron chi connectivity index (χ4n) is 2.87. The lowest BCUT2D eigenvalue weighted by atomic mass is 9.98. The molecule has 116 valence electrons. The van der Waals surface area contributed by atoms with E-state index in [0.29, 0.717) is 0 Å². The van der Waals surface area contributed by atoms with Gasteiger partial charge in [-0.15, -0.1) is 0 Å². The van der Waals surface area contributed by atoms with Gasteiger partial charge in [-0.2, -0.15) is 0 Å². The Morgan fingerprint density at radius 2 is 1.95 bits per heavy atom. The molecule has 1 saturated heterocycles. The second kappa shape index (κ2) is 7.08. The van der Waals surface area contributed by atoms with Crippen molar-refractivity contribution in [2.45, 2.75) is 46.2 Å². The Balaban J connectivity index is 1.94. The van der Waals surface area contributed by atoms with Gasteiger partial charge in [0.1, 0.15) is 0 Å². The number of rotatable bonds is 4. The number of amides is 1. The summed E-state index contributed by atoms with van der Waals surface area (Å²) in [4.78, 5) is 16.8. The third-order valence-electron chi connectivity index (χ3n) is 4.79. The number of hydrogen-bond donors (Lipinski definition) is 0. The molecule has 3 heteroatoms. The molecule has 1 amide bonds. The molecule has 0 spiro atoms. The highest BCUT2D eigenvalue weighted by molar-refractivity contribution is 5.81. The van der Waals surface area contributed by atoms with Crippen LogP contribution in [0.1, 0.15) is 37.8 Å². The number of piperidine rings is 1.